The highest BCUT2D eigenvalue weighted by Gasteiger charge is 2.25. The van der Waals surface area contributed by atoms with Gasteiger partial charge >= 0.3 is 6.03 Å². The Labute approximate surface area is 148 Å². The van der Waals surface area contributed by atoms with Crippen molar-refractivity contribution in [2.45, 2.75) is 66.8 Å². The minimum Gasteiger partial charge on any atom is -0.337 e. The predicted octanol–water partition coefficient (Wildman–Crippen LogP) is 3.44. The minimum atomic E-state index is -0.810. The fraction of sp³-hybridized carbons (Fsp3) is 0.882. The number of Topliss-reactive ketones (excluding diaryl/α,β-unsaturated/α-hetero) is 1. The van der Waals surface area contributed by atoms with E-state index in [0.29, 0.717) is 6.54 Å². The number of thioether (sulfide) groups is 1. The van der Waals surface area contributed by atoms with Gasteiger partial charge in [0, 0.05) is 13.1 Å². The first kappa shape index (κ1) is 27.1. The van der Waals surface area contributed by atoms with E-state index in [-0.39, 0.29) is 11.8 Å². The molecule has 6 heteroatoms. The van der Waals surface area contributed by atoms with Crippen LogP contribution in [-0.2, 0) is 4.79 Å². The van der Waals surface area contributed by atoms with Crippen molar-refractivity contribution in [2.24, 2.45) is 0 Å². The number of unbranched alkanes of at least 4 members (excludes halogenated alkanes) is 1. The highest BCUT2D eigenvalue weighted by molar-refractivity contribution is 7.98. The van der Waals surface area contributed by atoms with Gasteiger partial charge < -0.3 is 16.0 Å². The molecule has 0 aliphatic heterocycles. The van der Waals surface area contributed by atoms with Crippen molar-refractivity contribution in [2.75, 3.05) is 31.6 Å². The van der Waals surface area contributed by atoms with E-state index < -0.39 is 5.54 Å². The lowest BCUT2D eigenvalue weighted by Gasteiger charge is -2.23. The average molecular weight is 350 g/mol. The van der Waals surface area contributed by atoms with Crippen LogP contribution in [-0.4, -0.2) is 49.0 Å². The van der Waals surface area contributed by atoms with Gasteiger partial charge in [-0.1, -0.05) is 27.7 Å². The number of carbonyl (C=O) groups excluding carboxylic acids is 2. The van der Waals surface area contributed by atoms with E-state index in [9.17, 15) is 9.59 Å². The van der Waals surface area contributed by atoms with E-state index in [0.717, 1.165) is 19.5 Å². The van der Waals surface area contributed by atoms with E-state index in [2.05, 4.69) is 22.2 Å². The third-order valence-corrected chi connectivity index (χ3v) is 3.54. The second kappa shape index (κ2) is 19.3. The average Bonchev–Trinajstić information content (AvgIpc) is 2.53. The number of ketones is 1. The van der Waals surface area contributed by atoms with Crippen LogP contribution >= 0.6 is 11.8 Å². The first-order chi connectivity index (χ1) is 10.9. The van der Waals surface area contributed by atoms with Crippen molar-refractivity contribution in [1.82, 2.24) is 16.0 Å². The largest absolute Gasteiger partial charge is 0.337 e. The van der Waals surface area contributed by atoms with Crippen LogP contribution in [0.1, 0.15) is 61.3 Å². The molecule has 0 aromatic heterocycles. The molecule has 0 atom stereocenters. The lowest BCUT2D eigenvalue weighted by molar-refractivity contribution is -0.121. The molecule has 23 heavy (non-hydrogen) atoms. The van der Waals surface area contributed by atoms with Gasteiger partial charge in [0.1, 0.15) is 0 Å². The van der Waals surface area contributed by atoms with Crippen molar-refractivity contribution in [3.05, 3.63) is 0 Å². The molecule has 5 nitrogen and oxygen atoms in total. The molecule has 0 aliphatic carbocycles. The smallest absolute Gasteiger partial charge is 0.315 e. The summed E-state index contributed by atoms with van der Waals surface area (Å²) < 4.78 is 0. The van der Waals surface area contributed by atoms with Crippen LogP contribution in [0.15, 0.2) is 0 Å². The number of carbonyl (C=O) groups is 2. The zero-order valence-corrected chi connectivity index (χ0v) is 17.3. The Balaban J connectivity index is -0.000000919. The van der Waals surface area contributed by atoms with Gasteiger partial charge in [0.2, 0.25) is 0 Å². The molecular weight excluding hydrogens is 310 g/mol. The molecule has 0 saturated carbocycles. The lowest BCUT2D eigenvalue weighted by atomic mass is 10.0. The monoisotopic (exact) mass is 349 g/mol. The second-order valence-corrected chi connectivity index (χ2v) is 6.00. The predicted molar refractivity (Wildman–Crippen MR) is 104 cm³/mol. The number of amides is 2. The maximum atomic E-state index is 11.5. The van der Waals surface area contributed by atoms with Gasteiger partial charge in [0.05, 0.1) is 5.54 Å². The molecule has 0 spiro atoms. The fourth-order valence-electron chi connectivity index (χ4n) is 1.30. The van der Waals surface area contributed by atoms with Crippen molar-refractivity contribution in [3.63, 3.8) is 0 Å². The van der Waals surface area contributed by atoms with E-state index in [1.165, 1.54) is 19.1 Å². The molecule has 2 amide bonds. The zero-order chi connectivity index (χ0) is 18.7. The lowest BCUT2D eigenvalue weighted by Crippen LogP contribution is -2.53. The van der Waals surface area contributed by atoms with Crippen molar-refractivity contribution in [3.8, 4) is 0 Å². The normalized spacial score (nSPS) is 9.74. The molecule has 0 fully saturated rings. The third kappa shape index (κ3) is 19.2. The first-order valence-electron chi connectivity index (χ1n) is 8.67. The maximum Gasteiger partial charge on any atom is 0.315 e. The van der Waals surface area contributed by atoms with Crippen molar-refractivity contribution < 1.29 is 9.59 Å². The second-order valence-electron chi connectivity index (χ2n) is 5.01. The summed E-state index contributed by atoms with van der Waals surface area (Å²) in [5, 5.41) is 8.64. The highest BCUT2D eigenvalue weighted by Crippen LogP contribution is 2.02. The summed E-state index contributed by atoms with van der Waals surface area (Å²) in [6.07, 6.45) is 4.48. The quantitative estimate of drug-likeness (QED) is 0.528. The standard InChI is InChI=1S/C13H27N3O2S.2C2H6/c1-11(17)13(2,3)16-12(18)15-9-8-14-7-5-6-10-19-4;2*1-2/h14H,5-10H2,1-4H3,(H2,15,16,18);2*1-2H3. The third-order valence-electron chi connectivity index (χ3n) is 2.85. The number of rotatable bonds is 10. The number of nitrogens with one attached hydrogen (secondary N) is 3. The molecule has 140 valence electrons. The summed E-state index contributed by atoms with van der Waals surface area (Å²) in [5.74, 6) is 1.14. The summed E-state index contributed by atoms with van der Waals surface area (Å²) in [6.45, 7) is 15.1. The van der Waals surface area contributed by atoms with Crippen LogP contribution in [0.2, 0.25) is 0 Å². The Bertz CT molecular complexity index is 285. The Morgan fingerprint density at radius 1 is 0.957 bits per heavy atom. The Hall–Kier alpha value is -0.750. The van der Waals surface area contributed by atoms with E-state index >= 15 is 0 Å². The molecule has 0 heterocycles. The van der Waals surface area contributed by atoms with Crippen molar-refractivity contribution in [1.29, 1.82) is 0 Å². The molecule has 0 bridgehead atoms. The van der Waals surface area contributed by atoms with Crippen LogP contribution in [0.3, 0.4) is 0 Å². The van der Waals surface area contributed by atoms with Gasteiger partial charge in [-0.25, -0.2) is 4.79 Å². The van der Waals surface area contributed by atoms with Crippen LogP contribution < -0.4 is 16.0 Å². The SMILES string of the molecule is CC.CC.CSCCCCNCCNC(=O)NC(C)(C)C(C)=O. The van der Waals surface area contributed by atoms with Crippen LogP contribution in [0.4, 0.5) is 4.79 Å². The van der Waals surface area contributed by atoms with Crippen molar-refractivity contribution >= 4 is 23.6 Å². The number of hydrogen-bond donors (Lipinski definition) is 3. The summed E-state index contributed by atoms with van der Waals surface area (Å²) in [6, 6.07) is -0.301. The Morgan fingerprint density at radius 2 is 1.52 bits per heavy atom. The topological polar surface area (TPSA) is 70.2 Å². The van der Waals surface area contributed by atoms with Crippen LogP contribution in [0, 0.1) is 0 Å². The van der Waals surface area contributed by atoms with E-state index in [4.69, 9.17) is 0 Å². The molecule has 0 radical (unpaired) electrons. The highest BCUT2D eigenvalue weighted by atomic mass is 32.2. The molecule has 0 rings (SSSR count). The molecular formula is C17H39N3O2S. The summed E-state index contributed by atoms with van der Waals surface area (Å²) >= 11 is 1.86. The van der Waals surface area contributed by atoms with E-state index in [1.54, 1.807) is 13.8 Å². The number of urea groups is 1. The van der Waals surface area contributed by atoms with Crippen LogP contribution in [0.5, 0.6) is 0 Å². The Morgan fingerprint density at radius 3 is 2.00 bits per heavy atom. The molecule has 3 N–H and O–H groups in total. The molecule has 0 saturated heterocycles. The van der Waals surface area contributed by atoms with Gasteiger partial charge in [-0.2, -0.15) is 11.8 Å². The summed E-state index contributed by atoms with van der Waals surface area (Å²) in [4.78, 5) is 22.8. The summed E-state index contributed by atoms with van der Waals surface area (Å²) in [5.41, 5.74) is -0.810. The minimum absolute atomic E-state index is 0.0606. The molecule has 0 unspecified atom stereocenters. The van der Waals surface area contributed by atoms with Gasteiger partial charge in [-0.15, -0.1) is 0 Å². The molecule has 0 aliphatic rings. The maximum absolute atomic E-state index is 11.5. The van der Waals surface area contributed by atoms with Gasteiger partial charge in [-0.3, -0.25) is 4.79 Å². The summed E-state index contributed by atoms with van der Waals surface area (Å²) in [7, 11) is 0. The molecule has 0 aromatic carbocycles. The van der Waals surface area contributed by atoms with Gasteiger partial charge in [-0.05, 0) is 52.2 Å². The van der Waals surface area contributed by atoms with Gasteiger partial charge in [0.25, 0.3) is 0 Å². The van der Waals surface area contributed by atoms with Crippen LogP contribution in [0.25, 0.3) is 0 Å². The van der Waals surface area contributed by atoms with E-state index in [1.807, 2.05) is 39.5 Å². The number of hydrogen-bond acceptors (Lipinski definition) is 4. The van der Waals surface area contributed by atoms with Gasteiger partial charge in [0.15, 0.2) is 5.78 Å². The first-order valence-corrected chi connectivity index (χ1v) is 10.1. The fourth-order valence-corrected chi connectivity index (χ4v) is 1.79. The zero-order valence-electron chi connectivity index (χ0n) is 16.5. The molecule has 0 aromatic rings. The Kier molecular flexibility index (Phi) is 22.7.